The second-order valence-electron chi connectivity index (χ2n) is 4.34. The van der Waals surface area contributed by atoms with Crippen molar-refractivity contribution >= 4 is 5.97 Å². The van der Waals surface area contributed by atoms with Crippen LogP contribution in [0.5, 0.6) is 11.6 Å². The lowest BCUT2D eigenvalue weighted by Crippen LogP contribution is -2.01. The highest BCUT2D eigenvalue weighted by molar-refractivity contribution is 5.90. The zero-order valence-electron chi connectivity index (χ0n) is 10.7. The van der Waals surface area contributed by atoms with Gasteiger partial charge in [0.05, 0.1) is 5.69 Å². The maximum Gasteiger partial charge on any atom is 0.339 e. The van der Waals surface area contributed by atoms with Crippen molar-refractivity contribution in [2.45, 2.75) is 19.8 Å². The molecule has 1 heterocycles. The molecule has 0 saturated carbocycles. The van der Waals surface area contributed by atoms with E-state index in [1.165, 1.54) is 12.4 Å². The van der Waals surface area contributed by atoms with Crippen LogP contribution in [0.3, 0.4) is 0 Å². The lowest BCUT2D eigenvalue weighted by molar-refractivity contribution is 0.0694. The van der Waals surface area contributed by atoms with E-state index in [0.29, 0.717) is 5.88 Å². The molecule has 0 amide bonds. The van der Waals surface area contributed by atoms with Crippen molar-refractivity contribution in [3.8, 4) is 11.6 Å². The van der Waals surface area contributed by atoms with Crippen molar-refractivity contribution in [3.63, 3.8) is 0 Å². The number of nitrogens with zero attached hydrogens (tertiary/aromatic N) is 2. The number of aromatic carboxylic acids is 1. The van der Waals surface area contributed by atoms with Gasteiger partial charge in [-0.15, -0.1) is 0 Å². The van der Waals surface area contributed by atoms with E-state index in [2.05, 4.69) is 9.97 Å². The van der Waals surface area contributed by atoms with Crippen LogP contribution < -0.4 is 4.74 Å². The lowest BCUT2D eigenvalue weighted by Gasteiger charge is -2.09. The Morgan fingerprint density at radius 1 is 1.26 bits per heavy atom. The van der Waals surface area contributed by atoms with Gasteiger partial charge in [-0.25, -0.2) is 14.8 Å². The third-order valence-electron chi connectivity index (χ3n) is 2.59. The number of carboxylic acids is 1. The van der Waals surface area contributed by atoms with Crippen molar-refractivity contribution in [2.75, 3.05) is 0 Å². The number of para-hydroxylation sites is 1. The first kappa shape index (κ1) is 13.0. The Balaban J connectivity index is 2.31. The Hall–Kier alpha value is -2.43. The van der Waals surface area contributed by atoms with Gasteiger partial charge in [0.15, 0.2) is 0 Å². The van der Waals surface area contributed by atoms with Crippen LogP contribution in [0.2, 0.25) is 0 Å². The predicted octanol–water partition coefficient (Wildman–Crippen LogP) is 3.09. The molecule has 0 aliphatic heterocycles. The Labute approximate surface area is 110 Å². The lowest BCUT2D eigenvalue weighted by atomic mass is 10.1. The zero-order chi connectivity index (χ0) is 13.8. The standard InChI is InChI=1S/C14H14N2O3/c1-9(2)11-7-13(16-8-15-11)19-12-6-4-3-5-10(12)14(17)18/h3-9H,1-2H3,(H,17,18). The maximum atomic E-state index is 11.1. The molecule has 2 aromatic rings. The van der Waals surface area contributed by atoms with E-state index in [1.54, 1.807) is 24.3 Å². The molecule has 0 spiro atoms. The smallest absolute Gasteiger partial charge is 0.339 e. The third kappa shape index (κ3) is 3.07. The monoisotopic (exact) mass is 258 g/mol. The quantitative estimate of drug-likeness (QED) is 0.912. The summed E-state index contributed by atoms with van der Waals surface area (Å²) >= 11 is 0. The number of ether oxygens (including phenoxy) is 1. The number of benzene rings is 1. The Kier molecular flexibility index (Phi) is 3.75. The minimum absolute atomic E-state index is 0.104. The highest BCUT2D eigenvalue weighted by Gasteiger charge is 2.12. The third-order valence-corrected chi connectivity index (χ3v) is 2.59. The molecule has 1 N–H and O–H groups in total. The van der Waals surface area contributed by atoms with Crippen molar-refractivity contribution < 1.29 is 14.6 Å². The molecule has 0 aliphatic carbocycles. The Morgan fingerprint density at radius 2 is 2.00 bits per heavy atom. The van der Waals surface area contributed by atoms with Crippen LogP contribution in [0.15, 0.2) is 36.7 Å². The summed E-state index contributed by atoms with van der Waals surface area (Å²) in [6.07, 6.45) is 1.41. The number of hydrogen-bond acceptors (Lipinski definition) is 4. The molecular weight excluding hydrogens is 244 g/mol. The van der Waals surface area contributed by atoms with E-state index in [-0.39, 0.29) is 17.2 Å². The molecule has 0 unspecified atom stereocenters. The largest absolute Gasteiger partial charge is 0.478 e. The molecule has 0 radical (unpaired) electrons. The molecule has 0 saturated heterocycles. The molecule has 1 aromatic heterocycles. The Bertz CT molecular complexity index is 597. The molecular formula is C14H14N2O3. The average molecular weight is 258 g/mol. The highest BCUT2D eigenvalue weighted by atomic mass is 16.5. The number of carboxylic acid groups (broad SMARTS) is 1. The number of hydrogen-bond donors (Lipinski definition) is 1. The van der Waals surface area contributed by atoms with Crippen LogP contribution in [0.4, 0.5) is 0 Å². The van der Waals surface area contributed by atoms with Crippen LogP contribution in [-0.2, 0) is 0 Å². The maximum absolute atomic E-state index is 11.1. The van der Waals surface area contributed by atoms with Crippen molar-refractivity contribution in [3.05, 3.63) is 47.9 Å². The number of aromatic nitrogens is 2. The highest BCUT2D eigenvalue weighted by Crippen LogP contribution is 2.25. The van der Waals surface area contributed by atoms with Gasteiger partial charge in [0.25, 0.3) is 0 Å². The zero-order valence-corrected chi connectivity index (χ0v) is 10.7. The molecule has 0 atom stereocenters. The summed E-state index contributed by atoms with van der Waals surface area (Å²) < 4.78 is 5.53. The topological polar surface area (TPSA) is 72.3 Å². The summed E-state index contributed by atoms with van der Waals surface area (Å²) in [6, 6.07) is 8.16. The van der Waals surface area contributed by atoms with Crippen molar-refractivity contribution in [1.82, 2.24) is 9.97 Å². The fourth-order valence-corrected chi connectivity index (χ4v) is 1.57. The molecule has 0 bridgehead atoms. The molecule has 98 valence electrons. The molecule has 5 heteroatoms. The van der Waals surface area contributed by atoms with E-state index < -0.39 is 5.97 Å². The molecule has 0 aliphatic rings. The summed E-state index contributed by atoms with van der Waals surface area (Å²) in [5, 5.41) is 9.07. The minimum atomic E-state index is -1.03. The number of carbonyl (C=O) groups is 1. The van der Waals surface area contributed by atoms with Gasteiger partial charge in [-0.1, -0.05) is 26.0 Å². The summed E-state index contributed by atoms with van der Waals surface area (Å²) in [4.78, 5) is 19.2. The van der Waals surface area contributed by atoms with E-state index in [0.717, 1.165) is 5.69 Å². The minimum Gasteiger partial charge on any atom is -0.478 e. The first-order chi connectivity index (χ1) is 9.08. The van der Waals surface area contributed by atoms with Crippen LogP contribution in [0.1, 0.15) is 35.8 Å². The molecule has 19 heavy (non-hydrogen) atoms. The van der Waals surface area contributed by atoms with Gasteiger partial charge in [-0.2, -0.15) is 0 Å². The van der Waals surface area contributed by atoms with Gasteiger partial charge in [0, 0.05) is 6.07 Å². The van der Waals surface area contributed by atoms with Crippen molar-refractivity contribution in [2.24, 2.45) is 0 Å². The van der Waals surface area contributed by atoms with Crippen LogP contribution in [-0.4, -0.2) is 21.0 Å². The fraction of sp³-hybridized carbons (Fsp3) is 0.214. The van der Waals surface area contributed by atoms with Gasteiger partial charge in [0.1, 0.15) is 17.6 Å². The first-order valence-electron chi connectivity index (χ1n) is 5.90. The molecule has 2 rings (SSSR count). The van der Waals surface area contributed by atoms with Gasteiger partial charge < -0.3 is 9.84 Å². The summed E-state index contributed by atoms with van der Waals surface area (Å²) in [5.41, 5.74) is 0.949. The van der Waals surface area contributed by atoms with Gasteiger partial charge in [-0.3, -0.25) is 0 Å². The Morgan fingerprint density at radius 3 is 2.68 bits per heavy atom. The molecule has 5 nitrogen and oxygen atoms in total. The van der Waals surface area contributed by atoms with Crippen LogP contribution in [0.25, 0.3) is 0 Å². The van der Waals surface area contributed by atoms with Gasteiger partial charge in [0.2, 0.25) is 5.88 Å². The summed E-state index contributed by atoms with van der Waals surface area (Å²) in [6.45, 7) is 4.02. The van der Waals surface area contributed by atoms with Crippen LogP contribution >= 0.6 is 0 Å². The van der Waals surface area contributed by atoms with Crippen LogP contribution in [0, 0.1) is 0 Å². The fourth-order valence-electron chi connectivity index (χ4n) is 1.57. The van der Waals surface area contributed by atoms with E-state index in [1.807, 2.05) is 13.8 Å². The number of rotatable bonds is 4. The van der Waals surface area contributed by atoms with E-state index in [4.69, 9.17) is 9.84 Å². The normalized spacial score (nSPS) is 10.5. The van der Waals surface area contributed by atoms with Gasteiger partial charge >= 0.3 is 5.97 Å². The molecule has 1 aromatic carbocycles. The van der Waals surface area contributed by atoms with Gasteiger partial charge in [-0.05, 0) is 18.1 Å². The average Bonchev–Trinajstić information content (AvgIpc) is 2.39. The second-order valence-corrected chi connectivity index (χ2v) is 4.34. The molecule has 0 fully saturated rings. The first-order valence-corrected chi connectivity index (χ1v) is 5.90. The van der Waals surface area contributed by atoms with Crippen molar-refractivity contribution in [1.29, 1.82) is 0 Å². The van der Waals surface area contributed by atoms with E-state index >= 15 is 0 Å². The SMILES string of the molecule is CC(C)c1cc(Oc2ccccc2C(=O)O)ncn1. The summed E-state index contributed by atoms with van der Waals surface area (Å²) in [7, 11) is 0. The second kappa shape index (κ2) is 5.48. The van der Waals surface area contributed by atoms with E-state index in [9.17, 15) is 4.79 Å². The summed E-state index contributed by atoms with van der Waals surface area (Å²) in [5.74, 6) is -0.176. The predicted molar refractivity (Wildman–Crippen MR) is 69.6 cm³/mol.